The van der Waals surface area contributed by atoms with Crippen molar-refractivity contribution >= 4 is 17.5 Å². The minimum Gasteiger partial charge on any atom is -0.383 e. The molecule has 0 bridgehead atoms. The average Bonchev–Trinajstić information content (AvgIpc) is 3.05. The average molecular weight is 393 g/mol. The van der Waals surface area contributed by atoms with Crippen LogP contribution in [-0.2, 0) is 9.53 Å². The lowest BCUT2D eigenvalue weighted by atomic mass is 10.1. The fraction of sp³-hybridized carbons (Fsp3) is 0.333. The molecule has 1 aliphatic heterocycles. The molecule has 1 fully saturated rings. The van der Waals surface area contributed by atoms with Crippen LogP contribution in [-0.4, -0.2) is 60.5 Å². The van der Waals surface area contributed by atoms with Crippen molar-refractivity contribution in [3.8, 4) is 23.2 Å². The molecule has 1 aromatic carbocycles. The molecule has 29 heavy (non-hydrogen) atoms. The minimum absolute atomic E-state index is 0.0552. The van der Waals surface area contributed by atoms with Gasteiger partial charge in [0.1, 0.15) is 5.92 Å². The molecular weight excluding hydrogens is 370 g/mol. The Balaban J connectivity index is 1.84. The molecule has 2 amide bonds. The predicted octanol–water partition coefficient (Wildman–Crippen LogP) is 1.13. The predicted molar refractivity (Wildman–Crippen MR) is 109 cm³/mol. The van der Waals surface area contributed by atoms with Gasteiger partial charge < -0.3 is 20.7 Å². The van der Waals surface area contributed by atoms with Crippen molar-refractivity contribution < 1.29 is 14.3 Å². The van der Waals surface area contributed by atoms with E-state index in [1.165, 1.54) is 6.20 Å². The van der Waals surface area contributed by atoms with Crippen LogP contribution in [0.1, 0.15) is 22.5 Å². The van der Waals surface area contributed by atoms with E-state index < -0.39 is 5.91 Å². The van der Waals surface area contributed by atoms with Gasteiger partial charge in [-0.1, -0.05) is 24.0 Å². The van der Waals surface area contributed by atoms with Crippen molar-refractivity contribution in [2.45, 2.75) is 6.42 Å². The van der Waals surface area contributed by atoms with Crippen LogP contribution >= 0.6 is 0 Å². The highest BCUT2D eigenvalue weighted by atomic mass is 16.5. The van der Waals surface area contributed by atoms with Gasteiger partial charge in [0, 0.05) is 38.4 Å². The normalized spacial score (nSPS) is 15.7. The second-order valence-corrected chi connectivity index (χ2v) is 6.69. The number of anilines is 1. The Morgan fingerprint density at radius 2 is 2.28 bits per heavy atom. The van der Waals surface area contributed by atoms with Gasteiger partial charge in [0.05, 0.1) is 18.5 Å². The first-order valence-electron chi connectivity index (χ1n) is 9.26. The highest BCUT2D eigenvalue weighted by Gasteiger charge is 2.27. The molecule has 0 radical (unpaired) electrons. The summed E-state index contributed by atoms with van der Waals surface area (Å²) in [5, 5.41) is 3.04. The number of nitrogens with zero attached hydrogens (tertiary/aromatic N) is 3. The van der Waals surface area contributed by atoms with Crippen LogP contribution in [0.3, 0.4) is 0 Å². The summed E-state index contributed by atoms with van der Waals surface area (Å²) in [7, 11) is 3.37. The number of carbonyl (C=O) groups excluding carboxylic acids is 2. The number of nitrogens with one attached hydrogen (secondary N) is 1. The number of primary amides is 1. The maximum absolute atomic E-state index is 12.0. The Labute approximate surface area is 169 Å². The molecule has 8 nitrogen and oxygen atoms in total. The van der Waals surface area contributed by atoms with Crippen molar-refractivity contribution in [3.05, 3.63) is 41.7 Å². The van der Waals surface area contributed by atoms with E-state index in [1.807, 2.05) is 24.3 Å². The number of likely N-dealkylation sites (tertiary alicyclic amines) is 1. The van der Waals surface area contributed by atoms with Crippen LogP contribution in [0.15, 0.2) is 30.5 Å². The summed E-state index contributed by atoms with van der Waals surface area (Å²) in [6.45, 7) is 1.70. The van der Waals surface area contributed by atoms with Gasteiger partial charge in [-0.15, -0.1) is 0 Å². The lowest BCUT2D eigenvalue weighted by Crippen LogP contribution is -2.21. The Kier molecular flexibility index (Phi) is 6.42. The van der Waals surface area contributed by atoms with Gasteiger partial charge in [-0.3, -0.25) is 9.59 Å². The highest BCUT2D eigenvalue weighted by Crippen LogP contribution is 2.20. The van der Waals surface area contributed by atoms with E-state index in [9.17, 15) is 9.59 Å². The second-order valence-electron chi connectivity index (χ2n) is 6.69. The standard InChI is InChI=1S/C21H23N5O3/c1-26-10-8-15(21(26)28)7-6-14-4-3-5-16(12-14)20-24-13-17(23-9-11-29-2)18(25-20)19(22)27/h3-5,12-13,15,23H,8-11H2,1-2H3,(H2,22,27)/t15-/m1/s1. The number of methoxy groups -OCH3 is 1. The first-order chi connectivity index (χ1) is 14.0. The molecule has 1 aromatic heterocycles. The molecule has 3 rings (SSSR count). The molecule has 0 spiro atoms. The molecule has 3 N–H and O–H groups in total. The Hall–Kier alpha value is -3.44. The first kappa shape index (κ1) is 20.3. The van der Waals surface area contributed by atoms with E-state index in [0.717, 1.165) is 18.5 Å². The van der Waals surface area contributed by atoms with E-state index >= 15 is 0 Å². The largest absolute Gasteiger partial charge is 0.383 e. The molecule has 1 saturated heterocycles. The number of rotatable bonds is 6. The smallest absolute Gasteiger partial charge is 0.269 e. The lowest BCUT2D eigenvalue weighted by Gasteiger charge is -2.10. The van der Waals surface area contributed by atoms with Crippen LogP contribution in [0.5, 0.6) is 0 Å². The molecule has 0 aliphatic carbocycles. The van der Waals surface area contributed by atoms with Gasteiger partial charge in [-0.2, -0.15) is 0 Å². The van der Waals surface area contributed by atoms with Crippen molar-refractivity contribution in [2.75, 3.05) is 39.2 Å². The summed E-state index contributed by atoms with van der Waals surface area (Å²) >= 11 is 0. The van der Waals surface area contributed by atoms with Gasteiger partial charge in [0.2, 0.25) is 5.91 Å². The number of nitrogens with two attached hydrogens (primary N) is 1. The molecule has 150 valence electrons. The Bertz CT molecular complexity index is 980. The molecule has 0 unspecified atom stereocenters. The molecule has 1 atom stereocenters. The zero-order valence-electron chi connectivity index (χ0n) is 16.4. The van der Waals surface area contributed by atoms with Gasteiger partial charge in [0.25, 0.3) is 5.91 Å². The summed E-state index contributed by atoms with van der Waals surface area (Å²) in [4.78, 5) is 34.2. The highest BCUT2D eigenvalue weighted by molar-refractivity contribution is 5.96. The second kappa shape index (κ2) is 9.17. The zero-order chi connectivity index (χ0) is 20.8. The number of carbonyl (C=O) groups is 2. The van der Waals surface area contributed by atoms with Crippen LogP contribution in [0, 0.1) is 17.8 Å². The van der Waals surface area contributed by atoms with Crippen LogP contribution in [0.25, 0.3) is 11.4 Å². The number of ether oxygens (including phenoxy) is 1. The summed E-state index contributed by atoms with van der Waals surface area (Å²) < 4.78 is 4.99. The lowest BCUT2D eigenvalue weighted by molar-refractivity contribution is -0.128. The number of amides is 2. The van der Waals surface area contributed by atoms with E-state index in [1.54, 1.807) is 19.1 Å². The summed E-state index contributed by atoms with van der Waals surface area (Å²) in [5.41, 5.74) is 7.50. The zero-order valence-corrected chi connectivity index (χ0v) is 16.4. The van der Waals surface area contributed by atoms with Gasteiger partial charge >= 0.3 is 0 Å². The Morgan fingerprint density at radius 1 is 1.45 bits per heavy atom. The van der Waals surface area contributed by atoms with Gasteiger partial charge in [0.15, 0.2) is 11.5 Å². The van der Waals surface area contributed by atoms with Crippen LogP contribution < -0.4 is 11.1 Å². The van der Waals surface area contributed by atoms with Crippen LogP contribution in [0.2, 0.25) is 0 Å². The third kappa shape index (κ3) is 4.89. The van der Waals surface area contributed by atoms with Crippen molar-refractivity contribution in [3.63, 3.8) is 0 Å². The minimum atomic E-state index is -0.645. The van der Waals surface area contributed by atoms with Gasteiger partial charge in [-0.05, 0) is 18.6 Å². The summed E-state index contributed by atoms with van der Waals surface area (Å²) in [6, 6.07) is 7.35. The van der Waals surface area contributed by atoms with E-state index in [2.05, 4.69) is 27.1 Å². The fourth-order valence-electron chi connectivity index (χ4n) is 2.99. The summed E-state index contributed by atoms with van der Waals surface area (Å²) in [6.07, 6.45) is 2.27. The quantitative estimate of drug-likeness (QED) is 0.562. The van der Waals surface area contributed by atoms with Crippen molar-refractivity contribution in [1.82, 2.24) is 14.9 Å². The van der Waals surface area contributed by atoms with Crippen LogP contribution in [0.4, 0.5) is 5.69 Å². The number of aromatic nitrogens is 2. The van der Waals surface area contributed by atoms with Crippen molar-refractivity contribution in [2.24, 2.45) is 11.7 Å². The number of benzene rings is 1. The topological polar surface area (TPSA) is 110 Å². The third-order valence-corrected chi connectivity index (χ3v) is 4.58. The first-order valence-corrected chi connectivity index (χ1v) is 9.26. The number of hydrogen-bond acceptors (Lipinski definition) is 6. The maximum atomic E-state index is 12.0. The third-order valence-electron chi connectivity index (χ3n) is 4.58. The molecule has 1 aliphatic rings. The molecule has 2 heterocycles. The molecule has 8 heteroatoms. The van der Waals surface area contributed by atoms with E-state index in [4.69, 9.17) is 10.5 Å². The molecule has 2 aromatic rings. The Morgan fingerprint density at radius 3 is 2.97 bits per heavy atom. The monoisotopic (exact) mass is 393 g/mol. The van der Waals surface area contributed by atoms with Gasteiger partial charge in [-0.25, -0.2) is 9.97 Å². The summed E-state index contributed by atoms with van der Waals surface area (Å²) in [5.74, 6) is 5.62. The fourth-order valence-corrected chi connectivity index (χ4v) is 2.99. The maximum Gasteiger partial charge on any atom is 0.269 e. The van der Waals surface area contributed by atoms with Crippen molar-refractivity contribution in [1.29, 1.82) is 0 Å². The van der Waals surface area contributed by atoms with E-state index in [-0.39, 0.29) is 17.5 Å². The van der Waals surface area contributed by atoms with E-state index in [0.29, 0.717) is 30.2 Å². The number of hydrogen-bond donors (Lipinski definition) is 2. The molecular formula is C21H23N5O3. The molecule has 0 saturated carbocycles. The SMILES string of the molecule is COCCNc1cnc(-c2cccc(C#C[C@@H]3CCN(C)C3=O)c2)nc1C(N)=O.